The van der Waals surface area contributed by atoms with E-state index in [4.69, 9.17) is 9.84 Å². The first-order valence-electron chi connectivity index (χ1n) is 5.74. The fourth-order valence-corrected chi connectivity index (χ4v) is 2.51. The number of aromatic amines is 1. The summed E-state index contributed by atoms with van der Waals surface area (Å²) in [6.07, 6.45) is -0.826. The van der Waals surface area contributed by atoms with Crippen LogP contribution in [0.25, 0.3) is 4.48 Å². The van der Waals surface area contributed by atoms with E-state index >= 15 is 0 Å². The van der Waals surface area contributed by atoms with Crippen LogP contribution in [0, 0.1) is 0 Å². The molecule has 1 aliphatic rings. The third-order valence-electron chi connectivity index (χ3n) is 3.02. The number of nitrogens with one attached hydrogen (secondary N) is 1. The van der Waals surface area contributed by atoms with E-state index in [1.165, 1.54) is 15.7 Å². The Balaban J connectivity index is 2.43. The van der Waals surface area contributed by atoms with Crippen LogP contribution in [0.1, 0.15) is 18.2 Å². The summed E-state index contributed by atoms with van der Waals surface area (Å²) in [5.41, 5.74) is -0.928. The van der Waals surface area contributed by atoms with E-state index in [-0.39, 0.29) is 18.6 Å². The average Bonchev–Trinajstić information content (AvgIpc) is 2.79. The molecule has 110 valence electrons. The molecule has 0 bridgehead atoms. The zero-order valence-electron chi connectivity index (χ0n) is 10.1. The van der Waals surface area contributed by atoms with Gasteiger partial charge in [-0.25, -0.2) is 4.79 Å². The highest BCUT2D eigenvalue weighted by Crippen LogP contribution is 2.28. The van der Waals surface area contributed by atoms with E-state index < -0.39 is 29.7 Å². The summed E-state index contributed by atoms with van der Waals surface area (Å²) < 4.78 is 7.04. The van der Waals surface area contributed by atoms with Crippen molar-refractivity contribution in [3.8, 4) is 0 Å². The molecule has 1 aromatic heterocycles. The van der Waals surface area contributed by atoms with Gasteiger partial charge in [0.15, 0.2) is 0 Å². The lowest BCUT2D eigenvalue weighted by Crippen LogP contribution is -2.33. The number of hydrogen-bond acceptors (Lipinski definition) is 5. The van der Waals surface area contributed by atoms with Crippen molar-refractivity contribution in [3.63, 3.8) is 0 Å². The molecule has 0 saturated carbocycles. The van der Waals surface area contributed by atoms with Gasteiger partial charge in [-0.3, -0.25) is 14.3 Å². The lowest BCUT2D eigenvalue weighted by atomic mass is 10.2. The van der Waals surface area contributed by atoms with Gasteiger partial charge in [-0.2, -0.15) is 0 Å². The first-order chi connectivity index (χ1) is 9.47. The van der Waals surface area contributed by atoms with E-state index in [2.05, 4.69) is 36.8 Å². The Hall–Kier alpha value is -0.740. The Kier molecular flexibility index (Phi) is 4.97. The van der Waals surface area contributed by atoms with Crippen LogP contribution < -0.4 is 11.2 Å². The second-order valence-corrected chi connectivity index (χ2v) is 5.59. The molecule has 0 amide bonds. The smallest absolute Gasteiger partial charge is 0.330 e. The van der Waals surface area contributed by atoms with Crippen molar-refractivity contribution in [3.05, 3.63) is 37.6 Å². The maximum Gasteiger partial charge on any atom is 0.330 e. The SMILES string of the molecule is O=c1[nH]c(=O)n([C@H]2C[C@H](O)[C@@H](CO)O2)cc1/C(Br)=C/Br. The molecular formula is C11H12Br2N2O5. The number of ether oxygens (including phenoxy) is 1. The van der Waals surface area contributed by atoms with Crippen LogP contribution in [0.5, 0.6) is 0 Å². The fraction of sp³-hybridized carbons (Fsp3) is 0.455. The minimum Gasteiger partial charge on any atom is -0.394 e. The molecule has 20 heavy (non-hydrogen) atoms. The number of aliphatic hydroxyl groups is 2. The lowest BCUT2D eigenvalue weighted by Gasteiger charge is -2.15. The van der Waals surface area contributed by atoms with Crippen LogP contribution in [0.2, 0.25) is 0 Å². The molecule has 2 heterocycles. The van der Waals surface area contributed by atoms with Gasteiger partial charge in [-0.05, 0) is 20.9 Å². The number of hydrogen-bond donors (Lipinski definition) is 3. The first-order valence-corrected chi connectivity index (χ1v) is 7.45. The van der Waals surface area contributed by atoms with Gasteiger partial charge in [0.05, 0.1) is 18.3 Å². The van der Waals surface area contributed by atoms with Crippen molar-refractivity contribution in [2.45, 2.75) is 24.9 Å². The summed E-state index contributed by atoms with van der Waals surface area (Å²) >= 11 is 6.28. The van der Waals surface area contributed by atoms with Crippen molar-refractivity contribution in [2.75, 3.05) is 6.61 Å². The molecule has 0 aliphatic carbocycles. The van der Waals surface area contributed by atoms with Crippen LogP contribution in [0.15, 0.2) is 20.8 Å². The molecule has 3 N–H and O–H groups in total. The van der Waals surface area contributed by atoms with Crippen molar-refractivity contribution in [1.29, 1.82) is 0 Å². The highest BCUT2D eigenvalue weighted by atomic mass is 79.9. The predicted molar refractivity (Wildman–Crippen MR) is 78.8 cm³/mol. The summed E-state index contributed by atoms with van der Waals surface area (Å²) in [7, 11) is 0. The van der Waals surface area contributed by atoms with E-state index in [9.17, 15) is 14.7 Å². The number of aromatic nitrogens is 2. The summed E-state index contributed by atoms with van der Waals surface area (Å²) in [6.45, 7) is -0.340. The molecule has 2 rings (SSSR count). The minimum atomic E-state index is -0.859. The Morgan fingerprint density at radius 2 is 2.30 bits per heavy atom. The molecule has 1 fully saturated rings. The predicted octanol–water partition coefficient (Wildman–Crippen LogP) is 0.266. The van der Waals surface area contributed by atoms with Gasteiger partial charge in [0.25, 0.3) is 5.56 Å². The normalized spacial score (nSPS) is 27.0. The van der Waals surface area contributed by atoms with Crippen LogP contribution in [-0.4, -0.2) is 38.6 Å². The van der Waals surface area contributed by atoms with Crippen molar-refractivity contribution in [1.82, 2.24) is 9.55 Å². The van der Waals surface area contributed by atoms with Gasteiger partial charge in [-0.1, -0.05) is 15.9 Å². The highest BCUT2D eigenvalue weighted by Gasteiger charge is 2.35. The molecule has 0 unspecified atom stereocenters. The molecule has 7 nitrogen and oxygen atoms in total. The molecule has 3 atom stereocenters. The van der Waals surface area contributed by atoms with Crippen LogP contribution >= 0.6 is 31.9 Å². The maximum atomic E-state index is 11.8. The van der Waals surface area contributed by atoms with Crippen molar-refractivity contribution < 1.29 is 14.9 Å². The highest BCUT2D eigenvalue weighted by molar-refractivity contribution is 9.16. The molecule has 0 spiro atoms. The summed E-state index contributed by atoms with van der Waals surface area (Å²) in [4.78, 5) is 27.2. The standard InChI is InChI=1S/C11H12Br2N2O5/c12-2-6(13)5-3-15(11(19)14-10(5)18)9-1-7(17)8(4-16)20-9/h2-3,7-9,16-17H,1,4H2,(H,14,18,19)/b6-2-/t7-,8+,9+/m0/s1. The Labute approximate surface area is 130 Å². The van der Waals surface area contributed by atoms with Crippen LogP contribution in [0.4, 0.5) is 0 Å². The van der Waals surface area contributed by atoms with Crippen LogP contribution in [0.3, 0.4) is 0 Å². The molecular weight excluding hydrogens is 400 g/mol. The number of nitrogens with zero attached hydrogens (tertiary/aromatic N) is 1. The Morgan fingerprint density at radius 3 is 2.85 bits per heavy atom. The third kappa shape index (κ3) is 2.96. The summed E-state index contributed by atoms with van der Waals surface area (Å²) in [5.74, 6) is 0. The number of H-pyrrole nitrogens is 1. The van der Waals surface area contributed by atoms with Gasteiger partial charge < -0.3 is 14.9 Å². The molecule has 0 radical (unpaired) electrons. The average molecular weight is 412 g/mol. The number of aliphatic hydroxyl groups excluding tert-OH is 2. The minimum absolute atomic E-state index is 0.159. The number of rotatable bonds is 3. The van der Waals surface area contributed by atoms with E-state index in [0.717, 1.165) is 0 Å². The molecule has 1 aliphatic heterocycles. The molecule has 9 heteroatoms. The zero-order chi connectivity index (χ0) is 14.9. The molecule has 1 aromatic rings. The first kappa shape index (κ1) is 15.6. The van der Waals surface area contributed by atoms with E-state index in [0.29, 0.717) is 4.48 Å². The quantitative estimate of drug-likeness (QED) is 0.662. The van der Waals surface area contributed by atoms with Gasteiger partial charge in [0.2, 0.25) is 0 Å². The maximum absolute atomic E-state index is 11.8. The van der Waals surface area contributed by atoms with Gasteiger partial charge >= 0.3 is 5.69 Å². The Morgan fingerprint density at radius 1 is 1.60 bits per heavy atom. The third-order valence-corrected chi connectivity index (χ3v) is 4.74. The second-order valence-electron chi connectivity index (χ2n) is 4.28. The van der Waals surface area contributed by atoms with Gasteiger partial charge in [0.1, 0.15) is 12.3 Å². The van der Waals surface area contributed by atoms with E-state index in [1.807, 2.05) is 0 Å². The monoisotopic (exact) mass is 410 g/mol. The number of halogens is 2. The zero-order valence-corrected chi connectivity index (χ0v) is 13.3. The van der Waals surface area contributed by atoms with E-state index in [1.54, 1.807) is 0 Å². The molecule has 1 saturated heterocycles. The summed E-state index contributed by atoms with van der Waals surface area (Å²) in [6, 6.07) is 0. The topological polar surface area (TPSA) is 105 Å². The Bertz CT molecular complexity index is 638. The fourth-order valence-electron chi connectivity index (χ4n) is 1.98. The summed E-state index contributed by atoms with van der Waals surface area (Å²) in [5, 5.41) is 18.7. The lowest BCUT2D eigenvalue weighted by molar-refractivity contribution is -0.0459. The largest absolute Gasteiger partial charge is 0.394 e. The van der Waals surface area contributed by atoms with Crippen LogP contribution in [-0.2, 0) is 4.74 Å². The van der Waals surface area contributed by atoms with Gasteiger partial charge in [-0.15, -0.1) is 0 Å². The van der Waals surface area contributed by atoms with Gasteiger partial charge in [0, 0.05) is 17.1 Å². The second kappa shape index (κ2) is 6.35. The molecule has 0 aromatic carbocycles. The van der Waals surface area contributed by atoms with Crippen molar-refractivity contribution >= 4 is 36.3 Å². The van der Waals surface area contributed by atoms with Crippen molar-refractivity contribution in [2.24, 2.45) is 0 Å².